The number of nitro groups is 1. The van der Waals surface area contributed by atoms with Crippen molar-refractivity contribution in [2.45, 2.75) is 18.7 Å². The molecule has 0 radical (unpaired) electrons. The van der Waals surface area contributed by atoms with Crippen molar-refractivity contribution in [2.24, 2.45) is 0 Å². The number of rotatable bonds is 6. The van der Waals surface area contributed by atoms with Gasteiger partial charge in [-0.1, -0.05) is 34.7 Å². The van der Waals surface area contributed by atoms with Gasteiger partial charge in [0, 0.05) is 11.8 Å². The van der Waals surface area contributed by atoms with Crippen LogP contribution in [0, 0.1) is 16.7 Å². The summed E-state index contributed by atoms with van der Waals surface area (Å²) in [7, 11) is 0. The Labute approximate surface area is 189 Å². The minimum absolute atomic E-state index is 0.264. The van der Waals surface area contributed by atoms with E-state index < -0.39 is 40.5 Å². The number of nitrogens with one attached hydrogen (secondary N) is 1. The monoisotopic (exact) mass is 549 g/mol. The smallest absolute Gasteiger partial charge is 0.423 e. The second-order valence-corrected chi connectivity index (χ2v) is 6.11. The van der Waals surface area contributed by atoms with Gasteiger partial charge >= 0.3 is 6.18 Å². The molecule has 0 fully saturated rings. The first-order chi connectivity index (χ1) is 14.4. The maximum absolute atomic E-state index is 13.0. The molecule has 0 unspecified atom stereocenters. The van der Waals surface area contributed by atoms with Crippen LogP contribution in [0.25, 0.3) is 4.85 Å². The van der Waals surface area contributed by atoms with Gasteiger partial charge in [-0.05, 0) is 36.1 Å². The molecular formula is C19H17F3IN3O5. The molecule has 1 atom stereocenters. The summed E-state index contributed by atoms with van der Waals surface area (Å²) in [6.07, 6.45) is -5.01. The molecule has 0 aliphatic carbocycles. The maximum Gasteiger partial charge on any atom is 0.423 e. The molecule has 0 aliphatic rings. The van der Waals surface area contributed by atoms with Crippen molar-refractivity contribution < 1.29 is 32.7 Å². The van der Waals surface area contributed by atoms with Crippen LogP contribution in [-0.4, -0.2) is 33.1 Å². The van der Waals surface area contributed by atoms with Crippen molar-refractivity contribution >= 4 is 45.6 Å². The first kappa shape index (κ1) is 26.1. The molecule has 0 saturated heterocycles. The Hall–Kier alpha value is -2.92. The molecule has 12 heteroatoms. The van der Waals surface area contributed by atoms with Crippen LogP contribution in [0.5, 0.6) is 5.75 Å². The number of carbonyl (C=O) groups is 1. The van der Waals surface area contributed by atoms with Gasteiger partial charge in [0.25, 0.3) is 11.6 Å². The number of carbonyl (C=O) groups excluding carboxylic acids is 1. The number of hydrogen-bond acceptors (Lipinski definition) is 5. The molecule has 0 aromatic heterocycles. The van der Waals surface area contributed by atoms with Crippen LogP contribution in [0.2, 0.25) is 0 Å². The highest BCUT2D eigenvalue weighted by Gasteiger charge is 2.39. The van der Waals surface area contributed by atoms with E-state index >= 15 is 0 Å². The van der Waals surface area contributed by atoms with E-state index in [0.717, 1.165) is 13.0 Å². The lowest BCUT2D eigenvalue weighted by Crippen LogP contribution is -2.45. The fraction of sp³-hybridized carbons (Fsp3) is 0.263. The van der Waals surface area contributed by atoms with Crippen molar-refractivity contribution in [3.8, 4) is 5.75 Å². The van der Waals surface area contributed by atoms with E-state index in [4.69, 9.17) is 11.3 Å². The van der Waals surface area contributed by atoms with Crippen LogP contribution in [0.3, 0.4) is 0 Å². The molecule has 2 N–H and O–H groups in total. The van der Waals surface area contributed by atoms with Gasteiger partial charge in [-0.2, -0.15) is 13.2 Å². The Morgan fingerprint density at radius 3 is 2.32 bits per heavy atom. The number of anilines is 1. The summed E-state index contributed by atoms with van der Waals surface area (Å²) in [5, 5.41) is 23.1. The Morgan fingerprint density at radius 2 is 1.84 bits per heavy atom. The molecule has 8 nitrogen and oxygen atoms in total. The number of ether oxygens (including phenoxy) is 1. The summed E-state index contributed by atoms with van der Waals surface area (Å²) >= 11 is 2.15. The van der Waals surface area contributed by atoms with E-state index in [0.29, 0.717) is 17.8 Å². The number of amides is 1. The molecule has 2 aromatic rings. The van der Waals surface area contributed by atoms with Crippen molar-refractivity contribution in [1.29, 1.82) is 0 Å². The molecule has 166 valence electrons. The zero-order valence-electron chi connectivity index (χ0n) is 16.2. The quantitative estimate of drug-likeness (QED) is 0.174. The maximum atomic E-state index is 13.0. The van der Waals surface area contributed by atoms with Gasteiger partial charge in [-0.25, -0.2) is 4.85 Å². The Morgan fingerprint density at radius 1 is 1.26 bits per heavy atom. The number of aliphatic hydroxyl groups is 1. The van der Waals surface area contributed by atoms with Crippen LogP contribution in [0.15, 0.2) is 42.5 Å². The number of alkyl halides is 4. The predicted octanol–water partition coefficient (Wildman–Crippen LogP) is 4.98. The van der Waals surface area contributed by atoms with Gasteiger partial charge in [-0.15, -0.1) is 0 Å². The third-order valence-electron chi connectivity index (χ3n) is 3.73. The van der Waals surface area contributed by atoms with E-state index in [-0.39, 0.29) is 11.4 Å². The normalized spacial score (nSPS) is 12.5. The van der Waals surface area contributed by atoms with E-state index in [1.165, 1.54) is 24.3 Å². The highest BCUT2D eigenvalue weighted by atomic mass is 125. The SMILES string of the molecule is C[125I].[C-]#[N+]c1ccc(OC[C@](C)(O)C(=O)Nc2ccc([N+](=O)[O-])c(C(F)(F)F)c2)cc1. The van der Waals surface area contributed by atoms with Crippen molar-refractivity contribution in [2.75, 3.05) is 16.9 Å². The van der Waals surface area contributed by atoms with Gasteiger partial charge in [-0.3, -0.25) is 14.9 Å². The standard InChI is InChI=1S/C18H14F3N3O5.CH3I/c1-17(26,10-29-13-6-3-11(22-2)4-7-13)16(25)23-12-5-8-15(24(27)28)14(9-12)18(19,20)21;1-2/h3-9,26H,10H2,1H3,(H,23,25);1H3/t17-;/m0./s1/i;2-2. The highest BCUT2D eigenvalue weighted by molar-refractivity contribution is 14.1. The molecule has 0 aliphatic heterocycles. The molecule has 0 bridgehead atoms. The zero-order chi connectivity index (χ0) is 23.8. The van der Waals surface area contributed by atoms with Crippen LogP contribution in [-0.2, 0) is 11.0 Å². The minimum atomic E-state index is -5.01. The third-order valence-corrected chi connectivity index (χ3v) is 3.73. The molecule has 1 amide bonds. The lowest BCUT2D eigenvalue weighted by atomic mass is 10.1. The Balaban J connectivity index is 0.00000233. The summed E-state index contributed by atoms with van der Waals surface area (Å²) < 4.78 is 44.3. The van der Waals surface area contributed by atoms with Crippen LogP contribution in [0.4, 0.5) is 30.2 Å². The van der Waals surface area contributed by atoms with Crippen molar-refractivity contribution in [3.63, 3.8) is 0 Å². The fourth-order valence-electron chi connectivity index (χ4n) is 2.17. The largest absolute Gasteiger partial charge is 0.490 e. The third kappa shape index (κ3) is 7.37. The summed E-state index contributed by atoms with van der Waals surface area (Å²) in [5.74, 6) is -0.808. The summed E-state index contributed by atoms with van der Waals surface area (Å²) in [5.41, 5.74) is -4.84. The molecule has 31 heavy (non-hydrogen) atoms. The average Bonchev–Trinajstić information content (AvgIpc) is 2.73. The topological polar surface area (TPSA) is 106 Å². The zero-order valence-corrected chi connectivity index (χ0v) is 18.4. The first-order valence-electron chi connectivity index (χ1n) is 8.31. The molecule has 0 heterocycles. The lowest BCUT2D eigenvalue weighted by molar-refractivity contribution is -0.388. The van der Waals surface area contributed by atoms with Gasteiger partial charge in [0.15, 0.2) is 11.3 Å². The second kappa shape index (κ2) is 10.9. The number of nitrogens with zero attached hydrogens (tertiary/aromatic N) is 2. The van der Waals surface area contributed by atoms with E-state index in [1.807, 2.05) is 4.93 Å². The summed E-state index contributed by atoms with van der Waals surface area (Å²) in [4.78, 5) is 27.0. The Bertz CT molecular complexity index is 973. The second-order valence-electron chi connectivity index (χ2n) is 6.11. The number of hydrogen-bond donors (Lipinski definition) is 2. The van der Waals surface area contributed by atoms with E-state index in [9.17, 15) is 33.2 Å². The van der Waals surface area contributed by atoms with Crippen LogP contribution >= 0.6 is 22.6 Å². The fourth-order valence-corrected chi connectivity index (χ4v) is 2.17. The van der Waals surface area contributed by atoms with Gasteiger partial charge in [0.1, 0.15) is 17.9 Å². The highest BCUT2D eigenvalue weighted by Crippen LogP contribution is 2.37. The average molecular weight is 549 g/mol. The summed E-state index contributed by atoms with van der Waals surface area (Å²) in [6.45, 7) is 7.41. The molecule has 0 spiro atoms. The minimum Gasteiger partial charge on any atom is -0.490 e. The van der Waals surface area contributed by atoms with Crippen LogP contribution < -0.4 is 10.1 Å². The number of halogens is 4. The van der Waals surface area contributed by atoms with Gasteiger partial charge in [0.2, 0.25) is 0 Å². The van der Waals surface area contributed by atoms with Crippen molar-refractivity contribution in [3.05, 3.63) is 69.6 Å². The first-order valence-corrected chi connectivity index (χ1v) is 10.5. The van der Waals surface area contributed by atoms with E-state index in [1.54, 1.807) is 0 Å². The van der Waals surface area contributed by atoms with Crippen molar-refractivity contribution in [1.82, 2.24) is 0 Å². The van der Waals surface area contributed by atoms with Crippen LogP contribution in [0.1, 0.15) is 12.5 Å². The lowest BCUT2D eigenvalue weighted by Gasteiger charge is -2.23. The molecular weight excluding hydrogens is 532 g/mol. The van der Waals surface area contributed by atoms with Gasteiger partial charge in [0.05, 0.1) is 11.5 Å². The number of nitro benzene ring substituents is 1. The number of benzene rings is 2. The Kier molecular flexibility index (Phi) is 9.19. The molecule has 2 rings (SSSR count). The molecule has 0 saturated carbocycles. The van der Waals surface area contributed by atoms with E-state index in [2.05, 4.69) is 32.8 Å². The molecule has 2 aromatic carbocycles. The summed E-state index contributed by atoms with van der Waals surface area (Å²) in [6, 6.07) is 7.78. The van der Waals surface area contributed by atoms with Gasteiger partial charge < -0.3 is 15.2 Å². The predicted molar refractivity (Wildman–Crippen MR) is 115 cm³/mol.